The SMILES string of the molecule is CCCC(C)(N)C(=O)Nc1ccc(C(=O)N2CCCC2)cc1. The maximum absolute atomic E-state index is 12.2. The predicted molar refractivity (Wildman–Crippen MR) is 87.7 cm³/mol. The highest BCUT2D eigenvalue weighted by Crippen LogP contribution is 2.17. The van der Waals surface area contributed by atoms with Crippen LogP contribution in [-0.2, 0) is 4.79 Å². The Balaban J connectivity index is 2.00. The third-order valence-corrected chi connectivity index (χ3v) is 4.07. The maximum atomic E-state index is 12.2. The molecule has 5 nitrogen and oxygen atoms in total. The van der Waals surface area contributed by atoms with Gasteiger partial charge in [-0.25, -0.2) is 0 Å². The van der Waals surface area contributed by atoms with Gasteiger partial charge in [0.1, 0.15) is 0 Å². The van der Waals surface area contributed by atoms with E-state index >= 15 is 0 Å². The Bertz CT molecular complexity index is 531. The lowest BCUT2D eigenvalue weighted by Crippen LogP contribution is -2.48. The molecule has 1 heterocycles. The number of likely N-dealkylation sites (tertiary alicyclic amines) is 1. The summed E-state index contributed by atoms with van der Waals surface area (Å²) in [6.07, 6.45) is 3.63. The predicted octanol–water partition coefficient (Wildman–Crippen LogP) is 2.38. The second kappa shape index (κ2) is 6.92. The zero-order valence-electron chi connectivity index (χ0n) is 13.4. The smallest absolute Gasteiger partial charge is 0.253 e. The summed E-state index contributed by atoms with van der Waals surface area (Å²) < 4.78 is 0. The minimum atomic E-state index is -0.876. The van der Waals surface area contributed by atoms with Crippen LogP contribution in [0, 0.1) is 0 Å². The van der Waals surface area contributed by atoms with Crippen molar-refractivity contribution in [2.24, 2.45) is 5.73 Å². The van der Waals surface area contributed by atoms with E-state index in [1.165, 1.54) is 0 Å². The lowest BCUT2D eigenvalue weighted by molar-refractivity contribution is -0.120. The summed E-state index contributed by atoms with van der Waals surface area (Å²) in [5.74, 6) is -0.141. The summed E-state index contributed by atoms with van der Waals surface area (Å²) in [5, 5.41) is 2.81. The van der Waals surface area contributed by atoms with E-state index in [1.54, 1.807) is 31.2 Å². The van der Waals surface area contributed by atoms with Crippen molar-refractivity contribution in [1.82, 2.24) is 4.90 Å². The molecule has 0 radical (unpaired) electrons. The maximum Gasteiger partial charge on any atom is 0.253 e. The Morgan fingerprint density at radius 3 is 2.36 bits per heavy atom. The number of hydrogen-bond donors (Lipinski definition) is 2. The molecule has 0 spiro atoms. The molecule has 1 unspecified atom stereocenters. The van der Waals surface area contributed by atoms with Gasteiger partial charge in [-0.3, -0.25) is 9.59 Å². The lowest BCUT2D eigenvalue weighted by atomic mass is 9.96. The average molecular weight is 303 g/mol. The number of nitrogens with two attached hydrogens (primary N) is 1. The molecule has 0 bridgehead atoms. The van der Waals surface area contributed by atoms with E-state index in [-0.39, 0.29) is 11.8 Å². The molecular formula is C17H25N3O2. The largest absolute Gasteiger partial charge is 0.339 e. The number of carbonyl (C=O) groups is 2. The summed E-state index contributed by atoms with van der Waals surface area (Å²) in [6, 6.07) is 7.01. The Morgan fingerprint density at radius 1 is 1.23 bits per heavy atom. The van der Waals surface area contributed by atoms with Crippen molar-refractivity contribution in [3.05, 3.63) is 29.8 Å². The number of carbonyl (C=O) groups excluding carboxylic acids is 2. The molecule has 0 aromatic heterocycles. The fraction of sp³-hybridized carbons (Fsp3) is 0.529. The van der Waals surface area contributed by atoms with Gasteiger partial charge in [-0.1, -0.05) is 13.3 Å². The first kappa shape index (κ1) is 16.5. The minimum Gasteiger partial charge on any atom is -0.339 e. The molecule has 0 saturated carbocycles. The van der Waals surface area contributed by atoms with Crippen LogP contribution in [0.25, 0.3) is 0 Å². The van der Waals surface area contributed by atoms with Crippen LogP contribution >= 0.6 is 0 Å². The summed E-state index contributed by atoms with van der Waals surface area (Å²) in [7, 11) is 0. The number of nitrogens with zero attached hydrogens (tertiary/aromatic N) is 1. The van der Waals surface area contributed by atoms with Crippen LogP contribution in [0.3, 0.4) is 0 Å². The van der Waals surface area contributed by atoms with Crippen molar-refractivity contribution in [3.8, 4) is 0 Å². The van der Waals surface area contributed by atoms with Gasteiger partial charge in [-0.05, 0) is 50.5 Å². The van der Waals surface area contributed by atoms with E-state index < -0.39 is 5.54 Å². The van der Waals surface area contributed by atoms with Crippen LogP contribution in [0.15, 0.2) is 24.3 Å². The molecule has 2 rings (SSSR count). The van der Waals surface area contributed by atoms with Gasteiger partial charge >= 0.3 is 0 Å². The monoisotopic (exact) mass is 303 g/mol. The highest BCUT2D eigenvalue weighted by molar-refractivity contribution is 5.98. The summed E-state index contributed by atoms with van der Waals surface area (Å²) >= 11 is 0. The van der Waals surface area contributed by atoms with Crippen LogP contribution in [0.2, 0.25) is 0 Å². The lowest BCUT2D eigenvalue weighted by Gasteiger charge is -2.23. The molecule has 5 heteroatoms. The first-order valence-corrected chi connectivity index (χ1v) is 7.94. The van der Waals surface area contributed by atoms with Gasteiger partial charge in [0.25, 0.3) is 5.91 Å². The topological polar surface area (TPSA) is 75.4 Å². The van der Waals surface area contributed by atoms with E-state index in [0.717, 1.165) is 32.4 Å². The Morgan fingerprint density at radius 2 is 1.82 bits per heavy atom. The summed E-state index contributed by atoms with van der Waals surface area (Å²) in [5.41, 5.74) is 6.45. The van der Waals surface area contributed by atoms with Crippen molar-refractivity contribution < 1.29 is 9.59 Å². The number of hydrogen-bond acceptors (Lipinski definition) is 3. The first-order valence-electron chi connectivity index (χ1n) is 7.94. The summed E-state index contributed by atoms with van der Waals surface area (Å²) in [6.45, 7) is 5.40. The quantitative estimate of drug-likeness (QED) is 0.877. The fourth-order valence-corrected chi connectivity index (χ4v) is 2.71. The molecule has 1 saturated heterocycles. The molecule has 3 N–H and O–H groups in total. The Hall–Kier alpha value is -1.88. The molecule has 22 heavy (non-hydrogen) atoms. The third-order valence-electron chi connectivity index (χ3n) is 4.07. The van der Waals surface area contributed by atoms with Crippen molar-refractivity contribution in [2.75, 3.05) is 18.4 Å². The molecule has 120 valence electrons. The molecule has 0 aliphatic carbocycles. The second-order valence-corrected chi connectivity index (χ2v) is 6.20. The number of nitrogens with one attached hydrogen (secondary N) is 1. The van der Waals surface area contributed by atoms with E-state index in [4.69, 9.17) is 5.73 Å². The number of anilines is 1. The molecule has 2 amide bonds. The molecular weight excluding hydrogens is 278 g/mol. The normalized spacial score (nSPS) is 17.1. The van der Waals surface area contributed by atoms with Gasteiger partial charge in [0.05, 0.1) is 5.54 Å². The molecule has 1 aromatic carbocycles. The minimum absolute atomic E-state index is 0.0602. The van der Waals surface area contributed by atoms with Crippen molar-refractivity contribution >= 4 is 17.5 Å². The molecule has 1 atom stereocenters. The fourth-order valence-electron chi connectivity index (χ4n) is 2.71. The number of amides is 2. The van der Waals surface area contributed by atoms with Gasteiger partial charge in [0.15, 0.2) is 0 Å². The number of benzene rings is 1. The Kier molecular flexibility index (Phi) is 5.19. The zero-order chi connectivity index (χ0) is 16.2. The Labute approximate surface area is 131 Å². The highest BCUT2D eigenvalue weighted by atomic mass is 16.2. The van der Waals surface area contributed by atoms with Crippen LogP contribution < -0.4 is 11.1 Å². The van der Waals surface area contributed by atoms with Crippen LogP contribution in [0.4, 0.5) is 5.69 Å². The van der Waals surface area contributed by atoms with E-state index in [1.807, 2.05) is 11.8 Å². The standard InChI is InChI=1S/C17H25N3O2/c1-3-10-17(2,18)16(22)19-14-8-6-13(7-9-14)15(21)20-11-4-5-12-20/h6-9H,3-5,10-12,18H2,1-2H3,(H,19,22). The third kappa shape index (κ3) is 3.85. The number of rotatable bonds is 5. The van der Waals surface area contributed by atoms with Gasteiger partial charge in [-0.2, -0.15) is 0 Å². The average Bonchev–Trinajstić information content (AvgIpc) is 3.01. The van der Waals surface area contributed by atoms with E-state index in [9.17, 15) is 9.59 Å². The van der Waals surface area contributed by atoms with Crippen molar-refractivity contribution in [3.63, 3.8) is 0 Å². The van der Waals surface area contributed by atoms with Gasteiger partial charge in [0, 0.05) is 24.3 Å². The molecule has 1 fully saturated rings. The van der Waals surface area contributed by atoms with Crippen LogP contribution in [0.5, 0.6) is 0 Å². The van der Waals surface area contributed by atoms with Gasteiger partial charge in [0.2, 0.25) is 5.91 Å². The zero-order valence-corrected chi connectivity index (χ0v) is 13.4. The van der Waals surface area contributed by atoms with Gasteiger partial charge in [-0.15, -0.1) is 0 Å². The van der Waals surface area contributed by atoms with E-state index in [2.05, 4.69) is 5.32 Å². The molecule has 1 aliphatic rings. The first-order chi connectivity index (χ1) is 10.4. The van der Waals surface area contributed by atoms with Crippen molar-refractivity contribution in [1.29, 1.82) is 0 Å². The van der Waals surface area contributed by atoms with Crippen molar-refractivity contribution in [2.45, 2.75) is 45.1 Å². The highest BCUT2D eigenvalue weighted by Gasteiger charge is 2.27. The second-order valence-electron chi connectivity index (χ2n) is 6.20. The van der Waals surface area contributed by atoms with Gasteiger partial charge < -0.3 is 16.0 Å². The van der Waals surface area contributed by atoms with Crippen LogP contribution in [-0.4, -0.2) is 35.3 Å². The van der Waals surface area contributed by atoms with E-state index in [0.29, 0.717) is 17.7 Å². The summed E-state index contributed by atoms with van der Waals surface area (Å²) in [4.78, 5) is 26.3. The molecule has 1 aromatic rings. The molecule has 1 aliphatic heterocycles. The van der Waals surface area contributed by atoms with Crippen LogP contribution in [0.1, 0.15) is 49.9 Å².